The van der Waals surface area contributed by atoms with Gasteiger partial charge in [0.2, 0.25) is 0 Å². The van der Waals surface area contributed by atoms with Gasteiger partial charge < -0.3 is 10.1 Å². The molecule has 1 heterocycles. The molecule has 3 atom stereocenters. The Morgan fingerprint density at radius 2 is 1.81 bits per heavy atom. The summed E-state index contributed by atoms with van der Waals surface area (Å²) in [6.45, 7) is 12.0. The summed E-state index contributed by atoms with van der Waals surface area (Å²) >= 11 is 12.3. The second-order valence-electron chi connectivity index (χ2n) is 11.7. The zero-order chi connectivity index (χ0) is 27.1. The molecule has 0 amide bonds. The van der Waals surface area contributed by atoms with Crippen LogP contribution < -0.4 is 5.32 Å². The highest BCUT2D eigenvalue weighted by Gasteiger charge is 2.57. The van der Waals surface area contributed by atoms with Crippen molar-refractivity contribution < 1.29 is 18.3 Å². The molecule has 0 saturated carbocycles. The maximum absolute atomic E-state index is 15.7. The van der Waals surface area contributed by atoms with E-state index in [0.29, 0.717) is 24.1 Å². The molecule has 1 saturated heterocycles. The summed E-state index contributed by atoms with van der Waals surface area (Å²) in [5.41, 5.74) is -1.22. The number of likely N-dealkylation sites (tertiary alicyclic amines) is 1. The van der Waals surface area contributed by atoms with Gasteiger partial charge in [-0.15, -0.1) is 0 Å². The van der Waals surface area contributed by atoms with E-state index in [1.54, 1.807) is 31.3 Å². The van der Waals surface area contributed by atoms with Gasteiger partial charge in [0.05, 0.1) is 17.1 Å². The highest BCUT2D eigenvalue weighted by atomic mass is 35.5. The molecule has 1 aliphatic rings. The molecular weight excluding hydrogens is 505 g/mol. The Bertz CT molecular complexity index is 1110. The van der Waals surface area contributed by atoms with Gasteiger partial charge >= 0.3 is 5.97 Å². The van der Waals surface area contributed by atoms with Crippen molar-refractivity contribution in [3.63, 3.8) is 0 Å². The summed E-state index contributed by atoms with van der Waals surface area (Å²) in [5.74, 6) is -2.00. The number of carbonyl (C=O) groups is 1. The molecule has 2 aromatic carbocycles. The largest absolute Gasteiger partial charge is 0.459 e. The summed E-state index contributed by atoms with van der Waals surface area (Å²) in [4.78, 5) is 14.9. The van der Waals surface area contributed by atoms with Gasteiger partial charge in [-0.25, -0.2) is 8.78 Å². The predicted octanol–water partition coefficient (Wildman–Crippen LogP) is 6.93. The first-order chi connectivity index (χ1) is 16.6. The average molecular weight is 542 g/mol. The van der Waals surface area contributed by atoms with Crippen LogP contribution in [0, 0.1) is 17.0 Å². The smallest absolute Gasteiger partial charge is 0.320 e. The number of rotatable bonds is 6. The second kappa shape index (κ2) is 10.6. The van der Waals surface area contributed by atoms with Crippen molar-refractivity contribution in [1.82, 2.24) is 10.2 Å². The average Bonchev–Trinajstić information content (AvgIpc) is 3.00. The van der Waals surface area contributed by atoms with E-state index in [0.717, 1.165) is 0 Å². The number of benzene rings is 2. The van der Waals surface area contributed by atoms with E-state index in [2.05, 4.69) is 26.1 Å². The fourth-order valence-electron chi connectivity index (χ4n) is 5.41. The predicted molar refractivity (Wildman–Crippen MR) is 142 cm³/mol. The van der Waals surface area contributed by atoms with Crippen LogP contribution in [-0.4, -0.2) is 42.6 Å². The normalized spacial score (nSPS) is 23.2. The summed E-state index contributed by atoms with van der Waals surface area (Å²) in [7, 11) is 1.75. The van der Waals surface area contributed by atoms with E-state index in [1.165, 1.54) is 12.1 Å². The lowest BCUT2D eigenvalue weighted by Crippen LogP contribution is -2.55. The molecule has 1 aliphatic heterocycles. The Morgan fingerprint density at radius 3 is 2.36 bits per heavy atom. The lowest BCUT2D eigenvalue weighted by atomic mass is 9.69. The summed E-state index contributed by atoms with van der Waals surface area (Å²) < 4.78 is 36.8. The molecule has 4 nitrogen and oxygen atoms in total. The van der Waals surface area contributed by atoms with Crippen molar-refractivity contribution in [2.75, 3.05) is 20.1 Å². The molecule has 3 rings (SSSR count). The van der Waals surface area contributed by atoms with Crippen molar-refractivity contribution in [3.05, 3.63) is 69.2 Å². The summed E-state index contributed by atoms with van der Waals surface area (Å²) in [5, 5.41) is 3.65. The van der Waals surface area contributed by atoms with Crippen molar-refractivity contribution in [1.29, 1.82) is 0 Å². The van der Waals surface area contributed by atoms with Crippen LogP contribution in [0.15, 0.2) is 36.4 Å². The van der Waals surface area contributed by atoms with E-state index in [1.807, 2.05) is 25.7 Å². The molecule has 198 valence electrons. The molecule has 2 aromatic rings. The van der Waals surface area contributed by atoms with Crippen LogP contribution >= 0.6 is 23.2 Å². The van der Waals surface area contributed by atoms with Gasteiger partial charge in [0, 0.05) is 29.1 Å². The number of carbonyl (C=O) groups excluding carboxylic acids is 1. The quantitative estimate of drug-likeness (QED) is 0.403. The minimum atomic E-state index is -1.09. The van der Waals surface area contributed by atoms with Gasteiger partial charge in [-0.1, -0.05) is 62.2 Å². The van der Waals surface area contributed by atoms with E-state index in [-0.39, 0.29) is 28.0 Å². The van der Waals surface area contributed by atoms with E-state index in [4.69, 9.17) is 27.9 Å². The molecule has 0 bridgehead atoms. The van der Waals surface area contributed by atoms with Gasteiger partial charge in [0.25, 0.3) is 0 Å². The molecule has 0 aliphatic carbocycles. The van der Waals surface area contributed by atoms with E-state index >= 15 is 8.78 Å². The molecule has 0 radical (unpaired) electrons. The first kappa shape index (κ1) is 28.8. The number of nitrogens with zero attached hydrogens (tertiary/aromatic N) is 1. The van der Waals surface area contributed by atoms with Crippen molar-refractivity contribution in [2.45, 2.75) is 71.1 Å². The molecule has 3 unspecified atom stereocenters. The molecular formula is C28H36Cl2F2N2O2. The van der Waals surface area contributed by atoms with E-state index < -0.39 is 34.7 Å². The zero-order valence-corrected chi connectivity index (χ0v) is 23.5. The Labute approximate surface area is 223 Å². The lowest BCUT2D eigenvalue weighted by Gasteiger charge is -2.44. The summed E-state index contributed by atoms with van der Waals surface area (Å²) in [6, 6.07) is 9.03. The Hall–Kier alpha value is -1.73. The van der Waals surface area contributed by atoms with Crippen LogP contribution in [0.4, 0.5) is 8.78 Å². The third-order valence-corrected chi connectivity index (χ3v) is 7.17. The number of hydrogen-bond donors (Lipinski definition) is 1. The van der Waals surface area contributed by atoms with Crippen molar-refractivity contribution in [3.8, 4) is 0 Å². The van der Waals surface area contributed by atoms with Gasteiger partial charge in [-0.2, -0.15) is 0 Å². The van der Waals surface area contributed by atoms with Gasteiger partial charge in [0.15, 0.2) is 0 Å². The monoisotopic (exact) mass is 540 g/mol. The van der Waals surface area contributed by atoms with Crippen LogP contribution in [0.25, 0.3) is 0 Å². The van der Waals surface area contributed by atoms with Crippen molar-refractivity contribution >= 4 is 29.2 Å². The van der Waals surface area contributed by atoms with Gasteiger partial charge in [-0.05, 0) is 63.4 Å². The topological polar surface area (TPSA) is 41.6 Å². The minimum absolute atomic E-state index is 0.00737. The number of ether oxygens (including phenoxy) is 1. The molecule has 1 fully saturated rings. The fourth-order valence-corrected chi connectivity index (χ4v) is 5.75. The number of hydrogen-bond acceptors (Lipinski definition) is 4. The maximum Gasteiger partial charge on any atom is 0.320 e. The number of halogens is 4. The van der Waals surface area contributed by atoms with Crippen molar-refractivity contribution in [2.24, 2.45) is 5.41 Å². The zero-order valence-electron chi connectivity index (χ0n) is 22.0. The number of nitrogens with one attached hydrogen (secondary N) is 1. The maximum atomic E-state index is 15.7. The Balaban J connectivity index is 2.26. The fraction of sp³-hybridized carbons (Fsp3) is 0.536. The van der Waals surface area contributed by atoms with E-state index in [9.17, 15) is 4.79 Å². The Kier molecular flexibility index (Phi) is 8.46. The van der Waals surface area contributed by atoms with Crippen LogP contribution in [0.2, 0.25) is 10.0 Å². The second-order valence-corrected chi connectivity index (χ2v) is 12.6. The van der Waals surface area contributed by atoms with Crippen LogP contribution in [0.5, 0.6) is 0 Å². The molecule has 0 spiro atoms. The van der Waals surface area contributed by atoms with Crippen LogP contribution in [-0.2, 0) is 15.1 Å². The highest BCUT2D eigenvalue weighted by molar-refractivity contribution is 6.31. The van der Waals surface area contributed by atoms with Gasteiger partial charge in [0.1, 0.15) is 17.2 Å². The number of likely N-dealkylation sites (N-methyl/N-ethyl adjacent to an activating group) is 1. The number of esters is 1. The van der Waals surface area contributed by atoms with Crippen LogP contribution in [0.1, 0.15) is 65.0 Å². The SMILES string of the molecule is CNC1(c2ccc(Cl)cc2F)C(c2cccc(Cl)c2F)CN(CC(=O)OC(C)(C)C)C1CC(C)(C)C. The first-order valence-electron chi connectivity index (χ1n) is 12.1. The Morgan fingerprint density at radius 1 is 1.14 bits per heavy atom. The lowest BCUT2D eigenvalue weighted by molar-refractivity contribution is -0.156. The van der Waals surface area contributed by atoms with Gasteiger partial charge in [-0.3, -0.25) is 9.69 Å². The molecule has 0 aromatic heterocycles. The minimum Gasteiger partial charge on any atom is -0.459 e. The van der Waals surface area contributed by atoms with Crippen LogP contribution in [0.3, 0.4) is 0 Å². The first-order valence-corrected chi connectivity index (χ1v) is 12.9. The molecule has 8 heteroatoms. The highest BCUT2D eigenvalue weighted by Crippen LogP contribution is 2.52. The summed E-state index contributed by atoms with van der Waals surface area (Å²) in [6.07, 6.45) is 0.595. The third kappa shape index (κ3) is 6.04. The molecule has 36 heavy (non-hydrogen) atoms. The molecule has 1 N–H and O–H groups in total. The third-order valence-electron chi connectivity index (χ3n) is 6.64. The standard InChI is InChI=1S/C28H36Cl2F2N2O2/c1-26(2,3)14-23-28(33-7,19-12-11-17(29)13-22(19)31)20(18-9-8-10-21(30)25(18)32)15-34(23)16-24(35)36-27(4,5)6/h8-13,20,23,33H,14-16H2,1-7H3.